The Hall–Kier alpha value is -3.10. The third-order valence-electron chi connectivity index (χ3n) is 5.50. The summed E-state index contributed by atoms with van der Waals surface area (Å²) in [5, 5.41) is 23.8. The largest absolute Gasteiger partial charge is 0.480 e. The number of carbonyl (C=O) groups excluding carboxylic acids is 4. The van der Waals surface area contributed by atoms with Crippen LogP contribution in [-0.4, -0.2) is 127 Å². The number of esters is 2. The van der Waals surface area contributed by atoms with Crippen LogP contribution in [0.5, 0.6) is 0 Å². The second-order valence-electron chi connectivity index (χ2n) is 10.5. The van der Waals surface area contributed by atoms with Crippen molar-refractivity contribution in [2.24, 2.45) is 11.8 Å². The SMILES string of the molecule is C.C.CNC(CC(C)C)C(=O)OCCOC(=O)C(CC(C)C)NC(=O)CN(CCN(CC(C)=O)CC(=O)O)CC(=O)O. The van der Waals surface area contributed by atoms with E-state index in [4.69, 9.17) is 14.6 Å². The van der Waals surface area contributed by atoms with Crippen molar-refractivity contribution in [1.82, 2.24) is 20.4 Å². The van der Waals surface area contributed by atoms with E-state index >= 15 is 0 Å². The van der Waals surface area contributed by atoms with Crippen LogP contribution in [-0.2, 0) is 38.2 Å². The maximum atomic E-state index is 12.8. The molecule has 0 saturated heterocycles. The Morgan fingerprint density at radius 1 is 0.690 bits per heavy atom. The molecule has 0 aliphatic carbocycles. The van der Waals surface area contributed by atoms with Crippen molar-refractivity contribution in [3.63, 3.8) is 0 Å². The van der Waals surface area contributed by atoms with Gasteiger partial charge in [0.05, 0.1) is 26.2 Å². The smallest absolute Gasteiger partial charge is 0.328 e. The minimum absolute atomic E-state index is 0. The average Bonchev–Trinajstić information content (AvgIpc) is 2.81. The Morgan fingerprint density at radius 3 is 1.48 bits per heavy atom. The van der Waals surface area contributed by atoms with E-state index in [1.54, 1.807) is 7.05 Å². The van der Waals surface area contributed by atoms with Crippen LogP contribution < -0.4 is 10.6 Å². The molecule has 14 nitrogen and oxygen atoms in total. The number of nitrogens with zero attached hydrogens (tertiary/aromatic N) is 2. The van der Waals surface area contributed by atoms with Gasteiger partial charge in [-0.3, -0.25) is 33.8 Å². The summed E-state index contributed by atoms with van der Waals surface area (Å²) in [6, 6.07) is -1.49. The van der Waals surface area contributed by atoms with Crippen LogP contribution in [0.1, 0.15) is 62.3 Å². The lowest BCUT2D eigenvalue weighted by molar-refractivity contribution is -0.155. The van der Waals surface area contributed by atoms with Gasteiger partial charge in [0.25, 0.3) is 0 Å². The Morgan fingerprint density at radius 2 is 1.10 bits per heavy atom. The lowest BCUT2D eigenvalue weighted by Crippen LogP contribution is -2.49. The molecule has 0 heterocycles. The number of aliphatic carboxylic acids is 2. The molecule has 0 fully saturated rings. The molecule has 0 radical (unpaired) electrons. The van der Waals surface area contributed by atoms with Gasteiger partial charge in [-0.25, -0.2) is 4.79 Å². The van der Waals surface area contributed by atoms with Crippen molar-refractivity contribution in [1.29, 1.82) is 0 Å². The fourth-order valence-electron chi connectivity index (χ4n) is 3.83. The summed E-state index contributed by atoms with van der Waals surface area (Å²) in [6.07, 6.45) is 0.843. The number of ketones is 1. The first-order valence-electron chi connectivity index (χ1n) is 13.3. The standard InChI is InChI=1S/C26H46N4O10.2CH4/c1-17(2)11-20(27-6)25(37)39-9-10-40-26(38)21(12-18(3)4)28-22(32)14-30(16-24(35)36)8-7-29(13-19(5)31)15-23(33)34;;/h17-18,20-21,27H,7-16H2,1-6H3,(H,28,32)(H,33,34)(H,35,36);2*1H4. The molecule has 0 aliphatic heterocycles. The van der Waals surface area contributed by atoms with Gasteiger partial charge < -0.3 is 30.3 Å². The highest BCUT2D eigenvalue weighted by Crippen LogP contribution is 2.08. The minimum atomic E-state index is -1.20. The molecule has 0 spiro atoms. The molecular weight excluding hydrogens is 552 g/mol. The minimum Gasteiger partial charge on any atom is -0.480 e. The zero-order chi connectivity index (χ0) is 30.8. The van der Waals surface area contributed by atoms with Gasteiger partial charge in [0, 0.05) is 13.1 Å². The lowest BCUT2D eigenvalue weighted by atomic mass is 10.0. The molecule has 2 atom stereocenters. The molecule has 14 heteroatoms. The first-order chi connectivity index (χ1) is 18.6. The number of carboxylic acid groups (broad SMARTS) is 2. The molecule has 0 rings (SSSR count). The molecule has 0 saturated carbocycles. The molecule has 0 aromatic carbocycles. The normalized spacial score (nSPS) is 12.2. The average molecular weight is 607 g/mol. The van der Waals surface area contributed by atoms with E-state index in [-0.39, 0.29) is 78.3 Å². The summed E-state index contributed by atoms with van der Waals surface area (Å²) in [6.45, 7) is 7.20. The number of rotatable bonds is 22. The summed E-state index contributed by atoms with van der Waals surface area (Å²) in [7, 11) is 1.66. The quantitative estimate of drug-likeness (QED) is 0.100. The number of hydrogen-bond acceptors (Lipinski definition) is 11. The molecule has 42 heavy (non-hydrogen) atoms. The second-order valence-corrected chi connectivity index (χ2v) is 10.5. The molecule has 246 valence electrons. The van der Waals surface area contributed by atoms with E-state index in [2.05, 4.69) is 10.6 Å². The van der Waals surface area contributed by atoms with E-state index in [9.17, 15) is 33.9 Å². The topological polar surface area (TPSA) is 192 Å². The first-order valence-corrected chi connectivity index (χ1v) is 13.3. The molecule has 0 aromatic rings. The second kappa shape index (κ2) is 23.5. The van der Waals surface area contributed by atoms with Crippen molar-refractivity contribution in [2.75, 3.05) is 59.5 Å². The number of hydrogen-bond donors (Lipinski definition) is 4. The van der Waals surface area contributed by atoms with Gasteiger partial charge in [0.15, 0.2) is 0 Å². The maximum absolute atomic E-state index is 12.8. The summed E-state index contributed by atoms with van der Waals surface area (Å²) in [5.41, 5.74) is 0. The number of ether oxygens (including phenoxy) is 2. The van der Waals surface area contributed by atoms with Crippen LogP contribution in [0.4, 0.5) is 0 Å². The number of carboxylic acids is 2. The third-order valence-corrected chi connectivity index (χ3v) is 5.50. The summed E-state index contributed by atoms with van der Waals surface area (Å²) in [5.74, 6) is -4.12. The van der Waals surface area contributed by atoms with Gasteiger partial charge in [0.2, 0.25) is 5.91 Å². The monoisotopic (exact) mass is 606 g/mol. The van der Waals surface area contributed by atoms with Crippen LogP contribution in [0.25, 0.3) is 0 Å². The van der Waals surface area contributed by atoms with E-state index in [1.165, 1.54) is 16.7 Å². The third kappa shape index (κ3) is 21.6. The zero-order valence-corrected chi connectivity index (χ0v) is 24.4. The highest BCUT2D eigenvalue weighted by Gasteiger charge is 2.26. The van der Waals surface area contributed by atoms with Crippen molar-refractivity contribution in [3.8, 4) is 0 Å². The number of likely N-dealkylation sites (N-methyl/N-ethyl adjacent to an activating group) is 1. The molecule has 0 aliphatic rings. The highest BCUT2D eigenvalue weighted by atomic mass is 16.6. The van der Waals surface area contributed by atoms with Crippen LogP contribution >= 0.6 is 0 Å². The van der Waals surface area contributed by atoms with Gasteiger partial charge in [-0.15, -0.1) is 0 Å². The fraction of sp³-hybridized carbons (Fsp3) is 0.786. The Balaban J connectivity index is -0.00000760. The number of amides is 1. The van der Waals surface area contributed by atoms with E-state index in [0.29, 0.717) is 6.42 Å². The van der Waals surface area contributed by atoms with Crippen molar-refractivity contribution in [3.05, 3.63) is 0 Å². The fourth-order valence-corrected chi connectivity index (χ4v) is 3.83. The highest BCUT2D eigenvalue weighted by molar-refractivity contribution is 5.86. The van der Waals surface area contributed by atoms with E-state index in [0.717, 1.165) is 0 Å². The predicted octanol–water partition coefficient (Wildman–Crippen LogP) is 0.872. The molecular formula is C28H54N4O10. The van der Waals surface area contributed by atoms with Gasteiger partial charge in [-0.1, -0.05) is 42.5 Å². The predicted molar refractivity (Wildman–Crippen MR) is 158 cm³/mol. The first kappa shape index (κ1) is 43.4. The van der Waals surface area contributed by atoms with Gasteiger partial charge >= 0.3 is 23.9 Å². The van der Waals surface area contributed by atoms with Crippen LogP contribution in [0.2, 0.25) is 0 Å². The van der Waals surface area contributed by atoms with Crippen LogP contribution in [0.15, 0.2) is 0 Å². The lowest BCUT2D eigenvalue weighted by Gasteiger charge is -2.26. The summed E-state index contributed by atoms with van der Waals surface area (Å²) < 4.78 is 10.4. The van der Waals surface area contributed by atoms with Crippen molar-refractivity contribution in [2.45, 2.75) is 74.4 Å². The number of nitrogens with one attached hydrogen (secondary N) is 2. The Bertz CT molecular complexity index is 835. The van der Waals surface area contributed by atoms with Gasteiger partial charge in [0.1, 0.15) is 31.1 Å². The number of Topliss-reactive ketones (excluding diaryl/α,β-unsaturated/α-hetero) is 1. The summed E-state index contributed by atoms with van der Waals surface area (Å²) >= 11 is 0. The number of carbonyl (C=O) groups is 6. The van der Waals surface area contributed by atoms with Crippen molar-refractivity contribution < 1.29 is 48.5 Å². The zero-order valence-electron chi connectivity index (χ0n) is 24.4. The Labute approximate surface area is 250 Å². The maximum Gasteiger partial charge on any atom is 0.328 e. The van der Waals surface area contributed by atoms with Gasteiger partial charge in [-0.2, -0.15) is 0 Å². The van der Waals surface area contributed by atoms with E-state index in [1.807, 2.05) is 27.7 Å². The molecule has 0 bridgehead atoms. The van der Waals surface area contributed by atoms with Gasteiger partial charge in [-0.05, 0) is 38.6 Å². The Kier molecular flexibility index (Phi) is 24.2. The summed E-state index contributed by atoms with van der Waals surface area (Å²) in [4.78, 5) is 74.1. The van der Waals surface area contributed by atoms with Crippen LogP contribution in [0.3, 0.4) is 0 Å². The van der Waals surface area contributed by atoms with E-state index < -0.39 is 55.0 Å². The molecule has 1 amide bonds. The molecule has 2 unspecified atom stereocenters. The van der Waals surface area contributed by atoms with Crippen molar-refractivity contribution >= 4 is 35.6 Å². The molecule has 0 aromatic heterocycles. The molecule has 4 N–H and O–H groups in total. The van der Waals surface area contributed by atoms with Crippen LogP contribution in [0, 0.1) is 11.8 Å².